The van der Waals surface area contributed by atoms with Crippen LogP contribution in [0.3, 0.4) is 0 Å². The van der Waals surface area contributed by atoms with Gasteiger partial charge in [-0.15, -0.1) is 0 Å². The van der Waals surface area contributed by atoms with Gasteiger partial charge in [-0.1, -0.05) is 22.9 Å². The lowest BCUT2D eigenvalue weighted by molar-refractivity contribution is -0.229. The number of rotatable bonds is 2. The minimum atomic E-state index is -0.255. The van der Waals surface area contributed by atoms with Crippen LogP contribution >= 0.6 is 15.9 Å². The number of halogens is 1. The number of Topliss-reactive ketones (excluding diaryl/α,β-unsaturated/α-hetero) is 1. The third-order valence-corrected chi connectivity index (χ3v) is 9.86. The van der Waals surface area contributed by atoms with Crippen LogP contribution in [0.4, 0.5) is 0 Å². The van der Waals surface area contributed by atoms with Gasteiger partial charge >= 0.3 is 0 Å². The fourth-order valence-electron chi connectivity index (χ4n) is 8.16. The van der Waals surface area contributed by atoms with Crippen LogP contribution in [0, 0.1) is 34.5 Å². The Kier molecular flexibility index (Phi) is 4.38. The zero-order chi connectivity index (χ0) is 18.0. The Morgan fingerprint density at radius 3 is 2.62 bits per heavy atom. The van der Waals surface area contributed by atoms with Crippen LogP contribution in [0.5, 0.6) is 0 Å². The lowest BCUT2D eigenvalue weighted by Crippen LogP contribution is -2.56. The highest BCUT2D eigenvalue weighted by atomic mass is 79.9. The zero-order valence-electron chi connectivity index (χ0n) is 16.1. The molecule has 146 valence electrons. The predicted molar refractivity (Wildman–Crippen MR) is 104 cm³/mol. The Balaban J connectivity index is 1.41. The molecule has 0 amide bonds. The quantitative estimate of drug-likeness (QED) is 0.577. The summed E-state index contributed by atoms with van der Waals surface area (Å²) in [6, 6.07) is 0. The van der Waals surface area contributed by atoms with Crippen molar-refractivity contribution in [3.63, 3.8) is 0 Å². The maximum absolute atomic E-state index is 12.9. The van der Waals surface area contributed by atoms with Gasteiger partial charge in [-0.2, -0.15) is 0 Å². The lowest BCUT2D eigenvalue weighted by Gasteiger charge is -2.61. The second-order valence-electron chi connectivity index (χ2n) is 10.1. The molecular weight excluding hydrogens is 392 g/mol. The minimum absolute atomic E-state index is 0.0153. The second-order valence-corrected chi connectivity index (χ2v) is 10.9. The molecule has 1 heterocycles. The predicted octanol–water partition coefficient (Wildman–Crippen LogP) is 5.11. The van der Waals surface area contributed by atoms with Gasteiger partial charge in [0, 0.05) is 30.0 Å². The summed E-state index contributed by atoms with van der Waals surface area (Å²) in [4.78, 5) is 12.9. The van der Waals surface area contributed by atoms with E-state index in [-0.39, 0.29) is 11.2 Å². The summed E-state index contributed by atoms with van der Waals surface area (Å²) in [5.41, 5.74) is 0.442. The molecule has 0 aromatic heterocycles. The molecule has 1 aliphatic heterocycles. The molecule has 26 heavy (non-hydrogen) atoms. The smallest absolute Gasteiger partial charge is 0.168 e. The van der Waals surface area contributed by atoms with Gasteiger partial charge in [-0.05, 0) is 74.0 Å². The topological polar surface area (TPSA) is 35.5 Å². The van der Waals surface area contributed by atoms with E-state index in [0.29, 0.717) is 17.1 Å². The first kappa shape index (κ1) is 18.1. The van der Waals surface area contributed by atoms with Gasteiger partial charge in [-0.25, -0.2) is 0 Å². The highest BCUT2D eigenvalue weighted by molar-refractivity contribution is 9.09. The largest absolute Gasteiger partial charge is 0.348 e. The van der Waals surface area contributed by atoms with Crippen molar-refractivity contribution in [2.75, 3.05) is 18.5 Å². The van der Waals surface area contributed by atoms with Crippen molar-refractivity contribution in [1.29, 1.82) is 0 Å². The molecule has 0 radical (unpaired) electrons. The molecule has 0 N–H and O–H groups in total. The fraction of sp³-hybridized carbons (Fsp3) is 0.955. The van der Waals surface area contributed by atoms with Gasteiger partial charge in [0.1, 0.15) is 5.78 Å². The first-order valence-electron chi connectivity index (χ1n) is 10.9. The number of fused-ring (bicyclic) bond motifs is 5. The SMILES string of the molecule is C[C@]12CCC3(CC1CCC1C4CCC(=O)C4(CCBr)CCC12)OCCO3. The fourth-order valence-corrected chi connectivity index (χ4v) is 8.87. The maximum Gasteiger partial charge on any atom is 0.168 e. The van der Waals surface area contributed by atoms with Crippen molar-refractivity contribution in [3.05, 3.63) is 0 Å². The van der Waals surface area contributed by atoms with Gasteiger partial charge in [0.15, 0.2) is 5.79 Å². The highest BCUT2D eigenvalue weighted by Crippen LogP contribution is 2.67. The molecule has 5 fully saturated rings. The monoisotopic (exact) mass is 424 g/mol. The summed E-state index contributed by atoms with van der Waals surface area (Å²) < 4.78 is 12.1. The maximum atomic E-state index is 12.9. The molecule has 3 nitrogen and oxygen atoms in total. The van der Waals surface area contributed by atoms with Crippen LogP contribution < -0.4 is 0 Å². The first-order chi connectivity index (χ1) is 12.5. The van der Waals surface area contributed by atoms with Crippen LogP contribution in [0.1, 0.15) is 71.1 Å². The Morgan fingerprint density at radius 2 is 1.85 bits per heavy atom. The van der Waals surface area contributed by atoms with Gasteiger partial charge in [0.05, 0.1) is 13.2 Å². The van der Waals surface area contributed by atoms with E-state index in [9.17, 15) is 4.79 Å². The Bertz CT molecular complexity index is 586. The summed E-state index contributed by atoms with van der Waals surface area (Å²) in [5, 5.41) is 0.976. The second kappa shape index (κ2) is 6.29. The van der Waals surface area contributed by atoms with E-state index in [1.807, 2.05) is 0 Å². The number of hydrogen-bond acceptors (Lipinski definition) is 3. The first-order valence-corrected chi connectivity index (χ1v) is 12.0. The summed E-state index contributed by atoms with van der Waals surface area (Å²) in [7, 11) is 0. The van der Waals surface area contributed by atoms with E-state index >= 15 is 0 Å². The molecule has 0 aromatic rings. The van der Waals surface area contributed by atoms with Crippen molar-refractivity contribution in [2.24, 2.45) is 34.5 Å². The molecule has 0 aromatic carbocycles. The average molecular weight is 425 g/mol. The Morgan fingerprint density at radius 1 is 1.04 bits per heavy atom. The molecule has 4 saturated carbocycles. The number of hydrogen-bond donors (Lipinski definition) is 0. The molecular formula is C22H33BrO3. The van der Waals surface area contributed by atoms with E-state index in [4.69, 9.17) is 9.47 Å². The van der Waals surface area contributed by atoms with Gasteiger partial charge in [-0.3, -0.25) is 4.79 Å². The number of ketones is 1. The number of carbonyl (C=O) groups excluding carboxylic acids is 1. The van der Waals surface area contributed by atoms with Crippen molar-refractivity contribution < 1.29 is 14.3 Å². The summed E-state index contributed by atoms with van der Waals surface area (Å²) >= 11 is 3.65. The molecule has 0 bridgehead atoms. The summed E-state index contributed by atoms with van der Waals surface area (Å²) in [5.74, 6) is 3.29. The Hall–Kier alpha value is 0.0700. The third kappa shape index (κ3) is 2.40. The molecule has 4 aliphatic carbocycles. The summed E-state index contributed by atoms with van der Waals surface area (Å²) in [6.45, 7) is 4.12. The van der Waals surface area contributed by atoms with Crippen LogP contribution in [-0.2, 0) is 14.3 Å². The zero-order valence-corrected chi connectivity index (χ0v) is 17.7. The van der Waals surface area contributed by atoms with Gasteiger partial charge in [0.25, 0.3) is 0 Å². The molecule has 5 unspecified atom stereocenters. The number of carbonyl (C=O) groups is 1. The normalized spacial score (nSPS) is 49.7. The molecule has 1 saturated heterocycles. The highest BCUT2D eigenvalue weighted by Gasteiger charge is 2.63. The number of ether oxygens (including phenoxy) is 2. The minimum Gasteiger partial charge on any atom is -0.348 e. The molecule has 5 aliphatic rings. The van der Waals surface area contributed by atoms with Gasteiger partial charge in [0.2, 0.25) is 0 Å². The average Bonchev–Trinajstić information content (AvgIpc) is 3.22. The van der Waals surface area contributed by atoms with E-state index in [0.717, 1.165) is 74.8 Å². The van der Waals surface area contributed by atoms with E-state index in [1.165, 1.54) is 25.7 Å². The van der Waals surface area contributed by atoms with Crippen molar-refractivity contribution in [3.8, 4) is 0 Å². The molecule has 5 rings (SSSR count). The van der Waals surface area contributed by atoms with Crippen LogP contribution in [-0.4, -0.2) is 30.1 Å². The van der Waals surface area contributed by atoms with Crippen molar-refractivity contribution in [2.45, 2.75) is 76.9 Å². The van der Waals surface area contributed by atoms with E-state index < -0.39 is 0 Å². The molecule has 6 atom stereocenters. The van der Waals surface area contributed by atoms with Crippen molar-refractivity contribution >= 4 is 21.7 Å². The lowest BCUT2D eigenvalue weighted by atomic mass is 9.44. The van der Waals surface area contributed by atoms with E-state index in [1.54, 1.807) is 0 Å². The third-order valence-electron chi connectivity index (χ3n) is 9.47. The van der Waals surface area contributed by atoms with Crippen LogP contribution in [0.25, 0.3) is 0 Å². The number of alkyl halides is 1. The van der Waals surface area contributed by atoms with Crippen molar-refractivity contribution in [1.82, 2.24) is 0 Å². The summed E-state index contributed by atoms with van der Waals surface area (Å²) in [6.07, 6.45) is 11.5. The standard InChI is InChI=1S/C22H33BrO3/c1-20-8-9-22(25-12-13-26-22)14-15(20)2-3-16-17(20)6-7-21(10-11-23)18(16)4-5-19(21)24/h15-18H,2-14H2,1H3/t15?,16?,17?,18?,20-,21?/m0/s1. The van der Waals surface area contributed by atoms with E-state index in [2.05, 4.69) is 22.9 Å². The molecule has 1 spiro atoms. The molecule has 4 heteroatoms. The Labute approximate surface area is 166 Å². The van der Waals surface area contributed by atoms with Gasteiger partial charge < -0.3 is 9.47 Å². The van der Waals surface area contributed by atoms with Crippen LogP contribution in [0.15, 0.2) is 0 Å². The van der Waals surface area contributed by atoms with Crippen LogP contribution in [0.2, 0.25) is 0 Å².